The van der Waals surface area contributed by atoms with Gasteiger partial charge in [0.15, 0.2) is 15.0 Å². The first-order chi connectivity index (χ1) is 10.8. The molecule has 23 heavy (non-hydrogen) atoms. The Labute approximate surface area is 142 Å². The average molecular weight is 377 g/mol. The largest absolute Gasteiger partial charge is 0.315 e. The summed E-state index contributed by atoms with van der Waals surface area (Å²) in [6, 6.07) is 3.90. The summed E-state index contributed by atoms with van der Waals surface area (Å²) in [6.07, 6.45) is 0.251. The number of thioether (sulfide) groups is 1. The van der Waals surface area contributed by atoms with Gasteiger partial charge in [-0.15, -0.1) is 0 Å². The highest BCUT2D eigenvalue weighted by Crippen LogP contribution is 2.41. The van der Waals surface area contributed by atoms with Gasteiger partial charge in [0, 0.05) is 17.4 Å². The van der Waals surface area contributed by atoms with Crippen molar-refractivity contribution in [2.75, 3.05) is 16.4 Å². The molecule has 9 heteroatoms. The third-order valence-corrected chi connectivity index (χ3v) is 7.29. The van der Waals surface area contributed by atoms with Crippen LogP contribution in [0.5, 0.6) is 0 Å². The van der Waals surface area contributed by atoms with E-state index in [1.165, 1.54) is 23.9 Å². The van der Waals surface area contributed by atoms with Crippen LogP contribution in [-0.4, -0.2) is 42.3 Å². The summed E-state index contributed by atoms with van der Waals surface area (Å²) in [5.41, 5.74) is 0.451. The van der Waals surface area contributed by atoms with Gasteiger partial charge in [-0.05, 0) is 18.2 Å². The molecule has 0 aromatic heterocycles. The standard InChI is InChI=1S/C14H14ClFN2O3S2/c1-2-13(19)17-14-18(8-3-4-9(15)10(16)5-8)11-6-23(20,21)7-12(11)22-14/h3-5,11-12H,2,6-7H2,1H3/t11-,12-/m1/s1. The van der Waals surface area contributed by atoms with Gasteiger partial charge in [0.2, 0.25) is 5.91 Å². The Bertz CT molecular complexity index is 797. The molecule has 0 N–H and O–H groups in total. The molecule has 0 aliphatic carbocycles. The van der Waals surface area contributed by atoms with E-state index in [9.17, 15) is 17.6 Å². The van der Waals surface area contributed by atoms with Crippen LogP contribution in [-0.2, 0) is 14.6 Å². The minimum Gasteiger partial charge on any atom is -0.315 e. The molecule has 1 aromatic rings. The number of carbonyl (C=O) groups excluding carboxylic acids is 1. The topological polar surface area (TPSA) is 66.8 Å². The molecule has 1 amide bonds. The van der Waals surface area contributed by atoms with E-state index in [1.807, 2.05) is 0 Å². The lowest BCUT2D eigenvalue weighted by Gasteiger charge is -2.24. The number of hydrogen-bond acceptors (Lipinski definition) is 4. The normalized spacial score (nSPS) is 27.4. The van der Waals surface area contributed by atoms with Crippen molar-refractivity contribution in [3.8, 4) is 0 Å². The highest BCUT2D eigenvalue weighted by Gasteiger charge is 2.49. The first kappa shape index (κ1) is 16.7. The highest BCUT2D eigenvalue weighted by molar-refractivity contribution is 8.16. The maximum absolute atomic E-state index is 13.8. The van der Waals surface area contributed by atoms with Crippen LogP contribution >= 0.6 is 23.4 Å². The second-order valence-corrected chi connectivity index (χ2v) is 9.18. The van der Waals surface area contributed by atoms with Gasteiger partial charge < -0.3 is 4.90 Å². The van der Waals surface area contributed by atoms with Crippen molar-refractivity contribution in [3.63, 3.8) is 0 Å². The number of halogens is 2. The van der Waals surface area contributed by atoms with Crippen LogP contribution < -0.4 is 4.90 Å². The highest BCUT2D eigenvalue weighted by atomic mass is 35.5. The van der Waals surface area contributed by atoms with E-state index in [1.54, 1.807) is 17.9 Å². The number of rotatable bonds is 2. The Balaban J connectivity index is 2.04. The fourth-order valence-electron chi connectivity index (χ4n) is 2.69. The molecule has 2 aliphatic heterocycles. The van der Waals surface area contributed by atoms with Crippen LogP contribution in [0.3, 0.4) is 0 Å². The van der Waals surface area contributed by atoms with Gasteiger partial charge >= 0.3 is 0 Å². The third kappa shape index (κ3) is 3.25. The van der Waals surface area contributed by atoms with Crippen LogP contribution in [0.1, 0.15) is 13.3 Å². The molecule has 5 nitrogen and oxygen atoms in total. The lowest BCUT2D eigenvalue weighted by molar-refractivity contribution is -0.117. The second-order valence-electron chi connectivity index (χ2n) is 5.41. The number of aliphatic imine (C=N–C) groups is 1. The molecule has 2 heterocycles. The van der Waals surface area contributed by atoms with E-state index in [0.29, 0.717) is 10.9 Å². The van der Waals surface area contributed by atoms with Gasteiger partial charge in [-0.25, -0.2) is 12.8 Å². The molecule has 124 valence electrons. The van der Waals surface area contributed by atoms with Crippen LogP contribution in [0.25, 0.3) is 0 Å². The molecule has 2 aliphatic rings. The number of benzene rings is 1. The molecule has 2 fully saturated rings. The monoisotopic (exact) mass is 376 g/mol. The average Bonchev–Trinajstić information content (AvgIpc) is 2.93. The number of amides is 1. The van der Waals surface area contributed by atoms with Crippen LogP contribution in [0.15, 0.2) is 23.2 Å². The first-order valence-electron chi connectivity index (χ1n) is 7.03. The zero-order valence-electron chi connectivity index (χ0n) is 12.2. The van der Waals surface area contributed by atoms with Crippen molar-refractivity contribution in [1.29, 1.82) is 0 Å². The van der Waals surface area contributed by atoms with Gasteiger partial charge in [0.1, 0.15) is 5.82 Å². The Morgan fingerprint density at radius 1 is 1.48 bits per heavy atom. The Hall–Kier alpha value is -1.12. The maximum atomic E-state index is 13.8. The van der Waals surface area contributed by atoms with Crippen molar-refractivity contribution < 1.29 is 17.6 Å². The predicted octanol–water partition coefficient (Wildman–Crippen LogP) is 2.49. The molecule has 0 unspecified atom stereocenters. The van der Waals surface area contributed by atoms with Crippen LogP contribution in [0.2, 0.25) is 5.02 Å². The Morgan fingerprint density at radius 2 is 2.22 bits per heavy atom. The quantitative estimate of drug-likeness (QED) is 0.793. The summed E-state index contributed by atoms with van der Waals surface area (Å²) in [5.74, 6) is -0.892. The molecule has 0 radical (unpaired) electrons. The molecule has 2 atom stereocenters. The van der Waals surface area contributed by atoms with Crippen molar-refractivity contribution in [2.45, 2.75) is 24.6 Å². The predicted molar refractivity (Wildman–Crippen MR) is 90.4 cm³/mol. The lowest BCUT2D eigenvalue weighted by atomic mass is 10.2. The minimum atomic E-state index is -3.14. The molecule has 0 spiro atoms. The van der Waals surface area contributed by atoms with Gasteiger partial charge in [0.05, 0.1) is 22.6 Å². The molecule has 2 saturated heterocycles. The van der Waals surface area contributed by atoms with E-state index in [-0.39, 0.29) is 40.1 Å². The summed E-state index contributed by atoms with van der Waals surface area (Å²) < 4.78 is 37.6. The van der Waals surface area contributed by atoms with E-state index < -0.39 is 15.7 Å². The molecular weight excluding hydrogens is 363 g/mol. The molecule has 0 saturated carbocycles. The van der Waals surface area contributed by atoms with Gasteiger partial charge in [-0.2, -0.15) is 4.99 Å². The number of carbonyl (C=O) groups is 1. The Morgan fingerprint density at radius 3 is 2.87 bits per heavy atom. The van der Waals surface area contributed by atoms with Gasteiger partial charge in [-0.3, -0.25) is 4.79 Å². The van der Waals surface area contributed by atoms with Crippen LogP contribution in [0, 0.1) is 5.82 Å². The number of fused-ring (bicyclic) bond motifs is 1. The molecule has 0 bridgehead atoms. The molecule has 3 rings (SSSR count). The number of hydrogen-bond donors (Lipinski definition) is 0. The van der Waals surface area contributed by atoms with E-state index >= 15 is 0 Å². The minimum absolute atomic E-state index is 0.0145. The number of nitrogens with zero attached hydrogens (tertiary/aromatic N) is 2. The molecular formula is C14H14ClFN2O3S2. The van der Waals surface area contributed by atoms with E-state index in [4.69, 9.17) is 11.6 Å². The van der Waals surface area contributed by atoms with Crippen molar-refractivity contribution in [2.24, 2.45) is 4.99 Å². The first-order valence-corrected chi connectivity index (χ1v) is 10.1. The summed E-state index contributed by atoms with van der Waals surface area (Å²) in [4.78, 5) is 17.4. The van der Waals surface area contributed by atoms with Gasteiger partial charge in [-0.1, -0.05) is 30.3 Å². The summed E-state index contributed by atoms with van der Waals surface area (Å²) >= 11 is 6.97. The van der Waals surface area contributed by atoms with Crippen molar-refractivity contribution in [1.82, 2.24) is 0 Å². The number of amidine groups is 1. The Kier molecular flexibility index (Phi) is 4.41. The number of sulfone groups is 1. The fraction of sp³-hybridized carbons (Fsp3) is 0.429. The zero-order chi connectivity index (χ0) is 16.8. The lowest BCUT2D eigenvalue weighted by Crippen LogP contribution is -2.37. The van der Waals surface area contributed by atoms with E-state index in [2.05, 4.69) is 4.99 Å². The number of anilines is 1. The smallest absolute Gasteiger partial charge is 0.247 e. The maximum Gasteiger partial charge on any atom is 0.247 e. The SMILES string of the molecule is CCC(=O)N=C1S[C@@H]2CS(=O)(=O)C[C@H]2N1c1ccc(Cl)c(F)c1. The summed E-state index contributed by atoms with van der Waals surface area (Å²) in [6.45, 7) is 1.70. The van der Waals surface area contributed by atoms with Gasteiger partial charge in [0.25, 0.3) is 0 Å². The zero-order valence-corrected chi connectivity index (χ0v) is 14.6. The van der Waals surface area contributed by atoms with Crippen LogP contribution in [0.4, 0.5) is 10.1 Å². The fourth-order valence-corrected chi connectivity index (χ4v) is 6.74. The summed E-state index contributed by atoms with van der Waals surface area (Å²) in [7, 11) is -3.14. The van der Waals surface area contributed by atoms with Crippen molar-refractivity contribution >= 4 is 50.0 Å². The van der Waals surface area contributed by atoms with E-state index in [0.717, 1.165) is 0 Å². The summed E-state index contributed by atoms with van der Waals surface area (Å²) in [5, 5.41) is 0.199. The third-order valence-electron chi connectivity index (χ3n) is 3.77. The van der Waals surface area contributed by atoms with Crippen molar-refractivity contribution in [3.05, 3.63) is 29.0 Å². The second kappa shape index (κ2) is 6.07. The molecule has 1 aromatic carbocycles.